The normalized spacial score (nSPS) is 21.8. The number of amides is 2. The Morgan fingerprint density at radius 2 is 1.49 bits per heavy atom. The van der Waals surface area contributed by atoms with Gasteiger partial charge in [-0.2, -0.15) is 13.2 Å². The number of rotatable bonds is 11. The van der Waals surface area contributed by atoms with Crippen molar-refractivity contribution in [3.05, 3.63) is 137 Å². The van der Waals surface area contributed by atoms with E-state index in [1.54, 1.807) is 12.1 Å². The van der Waals surface area contributed by atoms with Gasteiger partial charge in [0.15, 0.2) is 0 Å². The highest BCUT2D eigenvalue weighted by Crippen LogP contribution is 2.54. The first-order valence-corrected chi connectivity index (χ1v) is 17.3. The van der Waals surface area contributed by atoms with E-state index in [9.17, 15) is 27.2 Å². The molecule has 0 aliphatic heterocycles. The highest BCUT2D eigenvalue weighted by Gasteiger charge is 2.55. The maximum Gasteiger partial charge on any atom is 0.419 e. The number of hydrogen-bond donors (Lipinski definition) is 2. The average Bonchev–Trinajstić information content (AvgIpc) is 3.80. The predicted molar refractivity (Wildman–Crippen MR) is 188 cm³/mol. The summed E-state index contributed by atoms with van der Waals surface area (Å²) in [6.07, 6.45) is 0.974. The van der Waals surface area contributed by atoms with Crippen LogP contribution < -0.4 is 20.3 Å². The molecule has 0 unspecified atom stereocenters. The number of carbonyl (C=O) groups is 2. The summed E-state index contributed by atoms with van der Waals surface area (Å²) in [5.41, 5.74) is 2.85. The van der Waals surface area contributed by atoms with Crippen molar-refractivity contribution < 1.29 is 31.9 Å². The number of ether oxygens (including phenoxy) is 1. The molecule has 0 radical (unpaired) electrons. The SMILES string of the molecule is COc1ccc(N(Cc2ccccc2)Cc2ccccc2)cc1C(=O)N[C@H]1[C@@H](C(=O)Nc2ccc(F)c(C(F)(F)F)c2)[C@H]2CC[C@@H]1/C2=C\C1CC1. The van der Waals surface area contributed by atoms with Crippen LogP contribution in [0.1, 0.15) is 52.7 Å². The topological polar surface area (TPSA) is 70.7 Å². The quantitative estimate of drug-likeness (QED) is 0.122. The van der Waals surface area contributed by atoms with Crippen molar-refractivity contribution in [1.29, 1.82) is 0 Å². The van der Waals surface area contributed by atoms with Crippen LogP contribution >= 0.6 is 0 Å². The number of benzene rings is 4. The van der Waals surface area contributed by atoms with Crippen LogP contribution in [0, 0.1) is 29.5 Å². The molecule has 3 saturated carbocycles. The number of nitrogens with zero attached hydrogens (tertiary/aromatic N) is 1. The second-order valence-corrected chi connectivity index (χ2v) is 13.7. The van der Waals surface area contributed by atoms with Crippen LogP contribution in [-0.4, -0.2) is 25.0 Å². The summed E-state index contributed by atoms with van der Waals surface area (Å²) in [6.45, 7) is 1.18. The molecule has 264 valence electrons. The molecule has 0 heterocycles. The summed E-state index contributed by atoms with van der Waals surface area (Å²) >= 11 is 0. The maximum absolute atomic E-state index is 14.3. The molecule has 2 bridgehead atoms. The first-order valence-electron chi connectivity index (χ1n) is 17.3. The summed E-state index contributed by atoms with van der Waals surface area (Å²) in [5.74, 6) is -2.49. The van der Waals surface area contributed by atoms with E-state index in [1.165, 1.54) is 7.11 Å². The molecule has 0 saturated heterocycles. The Balaban J connectivity index is 1.18. The van der Waals surface area contributed by atoms with Crippen LogP contribution in [-0.2, 0) is 24.1 Å². The summed E-state index contributed by atoms with van der Waals surface area (Å²) in [5, 5.41) is 5.79. The van der Waals surface area contributed by atoms with E-state index in [-0.39, 0.29) is 17.5 Å². The van der Waals surface area contributed by atoms with Crippen molar-refractivity contribution in [3.8, 4) is 5.75 Å². The van der Waals surface area contributed by atoms with E-state index < -0.39 is 41.3 Å². The fraction of sp³-hybridized carbons (Fsp3) is 0.317. The molecule has 3 fully saturated rings. The van der Waals surface area contributed by atoms with Gasteiger partial charge in [0.25, 0.3) is 5.91 Å². The smallest absolute Gasteiger partial charge is 0.419 e. The maximum atomic E-state index is 14.3. The number of nitrogens with one attached hydrogen (secondary N) is 2. The molecule has 2 amide bonds. The predicted octanol–water partition coefficient (Wildman–Crippen LogP) is 8.79. The number of allylic oxidation sites excluding steroid dienone is 1. The molecular weight excluding hydrogens is 658 g/mol. The number of anilines is 2. The lowest BCUT2D eigenvalue weighted by atomic mass is 9.83. The standard InChI is InChI=1S/C41H39F4N3O3/c1-51-36-19-15-29(48(23-26-8-4-2-5-9-26)24-27-10-6-3-7-11-27)22-33(36)39(49)47-38-31-17-16-30(32(31)20-25-12-13-25)37(38)40(50)46-28-14-18-35(42)34(21-28)41(43,44)45/h2-11,14-15,18-22,25,30-31,37-38H,12-13,16-17,23-24H2,1H3,(H,46,50)(H,47,49)/b32-20-/t30-,31+,37-,38+/m0/s1. The number of methoxy groups -OCH3 is 1. The lowest BCUT2D eigenvalue weighted by Crippen LogP contribution is -2.48. The van der Waals surface area contributed by atoms with Gasteiger partial charge in [0.05, 0.1) is 24.2 Å². The molecule has 3 aliphatic carbocycles. The number of hydrogen-bond acceptors (Lipinski definition) is 4. The molecule has 0 spiro atoms. The van der Waals surface area contributed by atoms with Crippen molar-refractivity contribution in [2.45, 2.75) is 51.0 Å². The second-order valence-electron chi connectivity index (χ2n) is 13.7. The monoisotopic (exact) mass is 697 g/mol. The van der Waals surface area contributed by atoms with Gasteiger partial charge in [0.1, 0.15) is 11.6 Å². The van der Waals surface area contributed by atoms with E-state index in [0.29, 0.717) is 42.5 Å². The van der Waals surface area contributed by atoms with Crippen molar-refractivity contribution >= 4 is 23.2 Å². The van der Waals surface area contributed by atoms with Gasteiger partial charge >= 0.3 is 6.18 Å². The number of fused-ring (bicyclic) bond motifs is 2. The van der Waals surface area contributed by atoms with Gasteiger partial charge in [-0.25, -0.2) is 4.39 Å². The van der Waals surface area contributed by atoms with Crippen molar-refractivity contribution in [2.24, 2.45) is 23.7 Å². The third-order valence-electron chi connectivity index (χ3n) is 10.3. The minimum Gasteiger partial charge on any atom is -0.496 e. The molecule has 7 rings (SSSR count). The first kappa shape index (κ1) is 34.3. The van der Waals surface area contributed by atoms with Gasteiger partial charge in [-0.3, -0.25) is 9.59 Å². The second kappa shape index (κ2) is 14.2. The molecule has 51 heavy (non-hydrogen) atoms. The molecule has 4 aromatic rings. The van der Waals surface area contributed by atoms with Gasteiger partial charge in [0, 0.05) is 36.4 Å². The van der Waals surface area contributed by atoms with E-state index in [1.807, 2.05) is 42.5 Å². The number of halogens is 4. The molecule has 4 aromatic carbocycles. The summed E-state index contributed by atoms with van der Waals surface area (Å²) in [7, 11) is 1.50. The third-order valence-corrected chi connectivity index (χ3v) is 10.3. The van der Waals surface area contributed by atoms with Crippen molar-refractivity contribution in [1.82, 2.24) is 5.32 Å². The largest absolute Gasteiger partial charge is 0.496 e. The molecule has 6 nitrogen and oxygen atoms in total. The fourth-order valence-electron chi connectivity index (χ4n) is 7.75. The number of carbonyl (C=O) groups excluding carboxylic acids is 2. The van der Waals surface area contributed by atoms with E-state index >= 15 is 0 Å². The lowest BCUT2D eigenvalue weighted by Gasteiger charge is -2.31. The van der Waals surface area contributed by atoms with Gasteiger partial charge in [-0.15, -0.1) is 0 Å². The van der Waals surface area contributed by atoms with Crippen LogP contribution in [0.25, 0.3) is 0 Å². The molecule has 4 atom stereocenters. The van der Waals surface area contributed by atoms with Crippen LogP contribution in [0.4, 0.5) is 28.9 Å². The third kappa shape index (κ3) is 7.50. The molecule has 2 N–H and O–H groups in total. The van der Waals surface area contributed by atoms with Gasteiger partial charge in [-0.1, -0.05) is 72.3 Å². The van der Waals surface area contributed by atoms with E-state index in [0.717, 1.165) is 54.1 Å². The minimum atomic E-state index is -4.92. The zero-order valence-electron chi connectivity index (χ0n) is 28.1. The van der Waals surface area contributed by atoms with E-state index in [4.69, 9.17) is 4.74 Å². The fourth-order valence-corrected chi connectivity index (χ4v) is 7.75. The molecule has 0 aromatic heterocycles. The first-order chi connectivity index (χ1) is 24.6. The Kier molecular flexibility index (Phi) is 9.59. The summed E-state index contributed by atoms with van der Waals surface area (Å²) in [6, 6.07) is 27.4. The van der Waals surface area contributed by atoms with Crippen molar-refractivity contribution in [2.75, 3.05) is 17.3 Å². The zero-order valence-corrected chi connectivity index (χ0v) is 28.1. The number of alkyl halides is 3. The van der Waals surface area contributed by atoms with Crippen LogP contribution in [0.15, 0.2) is 109 Å². The van der Waals surface area contributed by atoms with Crippen LogP contribution in [0.3, 0.4) is 0 Å². The molecule has 3 aliphatic rings. The van der Waals surface area contributed by atoms with Crippen molar-refractivity contribution in [3.63, 3.8) is 0 Å². The van der Waals surface area contributed by atoms with Gasteiger partial charge in [-0.05, 0) is 85.0 Å². The Morgan fingerprint density at radius 1 is 0.843 bits per heavy atom. The Labute approximate surface area is 294 Å². The summed E-state index contributed by atoms with van der Waals surface area (Å²) in [4.78, 5) is 30.4. The molecule has 10 heteroatoms. The average molecular weight is 698 g/mol. The van der Waals surface area contributed by atoms with Crippen LogP contribution in [0.5, 0.6) is 5.75 Å². The Bertz CT molecular complexity index is 1890. The minimum absolute atomic E-state index is 0.0870. The van der Waals surface area contributed by atoms with Gasteiger partial charge < -0.3 is 20.3 Å². The van der Waals surface area contributed by atoms with Crippen LogP contribution in [0.2, 0.25) is 0 Å². The van der Waals surface area contributed by atoms with E-state index in [2.05, 4.69) is 45.9 Å². The summed E-state index contributed by atoms with van der Waals surface area (Å²) < 4.78 is 60.1. The Morgan fingerprint density at radius 3 is 2.10 bits per heavy atom. The highest BCUT2D eigenvalue weighted by atomic mass is 19.4. The van der Waals surface area contributed by atoms with Gasteiger partial charge in [0.2, 0.25) is 5.91 Å². The highest BCUT2D eigenvalue weighted by molar-refractivity contribution is 6.00. The zero-order chi connectivity index (χ0) is 35.7. The lowest BCUT2D eigenvalue weighted by molar-refractivity contribution is -0.140. The Hall–Kier alpha value is -5.12. The molecular formula is C41H39F4N3O3.